The number of carbonyl (C=O) groups excluding carboxylic acids is 1. The third-order valence-corrected chi connectivity index (χ3v) is 2.16. The maximum atomic E-state index is 10.7. The number of hydrogen-bond acceptors (Lipinski definition) is 4. The fourth-order valence-electron chi connectivity index (χ4n) is 1.35. The molecule has 0 saturated heterocycles. The van der Waals surface area contributed by atoms with Crippen molar-refractivity contribution < 1.29 is 19.0 Å². The Bertz CT molecular complexity index is 440. The van der Waals surface area contributed by atoms with E-state index in [-0.39, 0.29) is 0 Å². The van der Waals surface area contributed by atoms with E-state index in [0.29, 0.717) is 22.8 Å². The van der Waals surface area contributed by atoms with Crippen molar-refractivity contribution in [3.63, 3.8) is 0 Å². The largest absolute Gasteiger partial charge is 0.496 e. The van der Waals surface area contributed by atoms with Crippen LogP contribution >= 0.6 is 0 Å². The van der Waals surface area contributed by atoms with E-state index in [4.69, 9.17) is 19.9 Å². The van der Waals surface area contributed by atoms with Gasteiger partial charge in [0.15, 0.2) is 11.5 Å². The molecule has 0 saturated carbocycles. The number of rotatable bonds is 5. The Morgan fingerprint density at radius 3 is 2.06 bits per heavy atom. The highest BCUT2D eigenvalue weighted by molar-refractivity contribution is 5.90. The highest BCUT2D eigenvalue weighted by Gasteiger charge is 2.09. The van der Waals surface area contributed by atoms with Crippen LogP contribution in [0.2, 0.25) is 0 Å². The molecule has 0 heterocycles. The minimum Gasteiger partial charge on any atom is -0.496 e. The molecule has 0 unspecified atom stereocenters. The van der Waals surface area contributed by atoms with Crippen LogP contribution in [0, 0.1) is 0 Å². The first-order chi connectivity index (χ1) is 8.12. The standard InChI is InChI=1S/C12H15NO4/c1-15-9-7-11(17-3)10(16-2)6-8(9)4-5-12(13)14/h4-7H,1-3H3,(H2,13,14). The Labute approximate surface area is 99.8 Å². The summed E-state index contributed by atoms with van der Waals surface area (Å²) in [6, 6.07) is 3.39. The SMILES string of the molecule is COc1cc(OC)c(OC)cc1C=CC(N)=O. The lowest BCUT2D eigenvalue weighted by Crippen LogP contribution is -2.05. The molecule has 0 atom stereocenters. The lowest BCUT2D eigenvalue weighted by Gasteiger charge is -2.11. The van der Waals surface area contributed by atoms with Gasteiger partial charge in [0.2, 0.25) is 5.91 Å². The van der Waals surface area contributed by atoms with E-state index in [2.05, 4.69) is 0 Å². The molecule has 5 nitrogen and oxygen atoms in total. The molecule has 0 aromatic heterocycles. The Kier molecular flexibility index (Phi) is 4.39. The average Bonchev–Trinajstić information content (AvgIpc) is 2.34. The molecule has 92 valence electrons. The third-order valence-electron chi connectivity index (χ3n) is 2.16. The summed E-state index contributed by atoms with van der Waals surface area (Å²) >= 11 is 0. The maximum Gasteiger partial charge on any atom is 0.241 e. The first-order valence-electron chi connectivity index (χ1n) is 4.90. The van der Waals surface area contributed by atoms with E-state index in [1.807, 2.05) is 0 Å². The van der Waals surface area contributed by atoms with Crippen molar-refractivity contribution in [3.05, 3.63) is 23.8 Å². The predicted octanol–water partition coefficient (Wildman–Crippen LogP) is 1.21. The zero-order valence-electron chi connectivity index (χ0n) is 10.0. The Morgan fingerprint density at radius 1 is 1.06 bits per heavy atom. The van der Waals surface area contributed by atoms with Crippen LogP contribution < -0.4 is 19.9 Å². The summed E-state index contributed by atoms with van der Waals surface area (Å²) in [5.41, 5.74) is 5.72. The van der Waals surface area contributed by atoms with E-state index >= 15 is 0 Å². The van der Waals surface area contributed by atoms with E-state index in [9.17, 15) is 4.79 Å². The van der Waals surface area contributed by atoms with Gasteiger partial charge >= 0.3 is 0 Å². The van der Waals surface area contributed by atoms with Crippen LogP contribution in [0.25, 0.3) is 6.08 Å². The minimum atomic E-state index is -0.526. The van der Waals surface area contributed by atoms with Gasteiger partial charge in [-0.15, -0.1) is 0 Å². The molecular formula is C12H15NO4. The Hall–Kier alpha value is -2.17. The number of hydrogen-bond donors (Lipinski definition) is 1. The molecule has 1 aromatic carbocycles. The first-order valence-corrected chi connectivity index (χ1v) is 4.90. The zero-order valence-corrected chi connectivity index (χ0v) is 10.0. The molecule has 0 fully saturated rings. The van der Waals surface area contributed by atoms with E-state index in [1.54, 1.807) is 18.2 Å². The number of ether oxygens (including phenoxy) is 3. The van der Waals surface area contributed by atoms with Gasteiger partial charge in [0.05, 0.1) is 21.3 Å². The van der Waals surface area contributed by atoms with Crippen LogP contribution in [0.4, 0.5) is 0 Å². The summed E-state index contributed by atoms with van der Waals surface area (Å²) in [5.74, 6) is 1.15. The van der Waals surface area contributed by atoms with Gasteiger partial charge in [-0.2, -0.15) is 0 Å². The van der Waals surface area contributed by atoms with E-state index in [1.165, 1.54) is 27.4 Å². The van der Waals surface area contributed by atoms with Gasteiger partial charge in [0.1, 0.15) is 5.75 Å². The molecule has 17 heavy (non-hydrogen) atoms. The molecule has 0 aliphatic heterocycles. The lowest BCUT2D eigenvalue weighted by molar-refractivity contribution is -0.113. The zero-order chi connectivity index (χ0) is 12.8. The number of benzene rings is 1. The lowest BCUT2D eigenvalue weighted by atomic mass is 10.1. The number of nitrogens with two attached hydrogens (primary N) is 1. The highest BCUT2D eigenvalue weighted by Crippen LogP contribution is 2.35. The fraction of sp³-hybridized carbons (Fsp3) is 0.250. The first kappa shape index (κ1) is 12.9. The van der Waals surface area contributed by atoms with Crippen LogP contribution in [0.3, 0.4) is 0 Å². The molecule has 5 heteroatoms. The number of carbonyl (C=O) groups is 1. The van der Waals surface area contributed by atoms with Gasteiger partial charge in [-0.05, 0) is 12.1 Å². The monoisotopic (exact) mass is 237 g/mol. The van der Waals surface area contributed by atoms with Gasteiger partial charge < -0.3 is 19.9 Å². The van der Waals surface area contributed by atoms with Gasteiger partial charge in [-0.3, -0.25) is 4.79 Å². The van der Waals surface area contributed by atoms with Gasteiger partial charge in [-0.25, -0.2) is 0 Å². The van der Waals surface area contributed by atoms with Gasteiger partial charge in [-0.1, -0.05) is 0 Å². The van der Waals surface area contributed by atoms with Crippen molar-refractivity contribution in [1.82, 2.24) is 0 Å². The molecule has 0 radical (unpaired) electrons. The van der Waals surface area contributed by atoms with Gasteiger partial charge in [0, 0.05) is 17.7 Å². The van der Waals surface area contributed by atoms with Crippen LogP contribution in [-0.2, 0) is 4.79 Å². The fourth-order valence-corrected chi connectivity index (χ4v) is 1.35. The minimum absolute atomic E-state index is 0.526. The molecule has 2 N–H and O–H groups in total. The highest BCUT2D eigenvalue weighted by atomic mass is 16.5. The smallest absolute Gasteiger partial charge is 0.241 e. The Morgan fingerprint density at radius 2 is 1.59 bits per heavy atom. The van der Waals surface area contributed by atoms with Crippen molar-refractivity contribution in [2.75, 3.05) is 21.3 Å². The summed E-state index contributed by atoms with van der Waals surface area (Å²) in [6.45, 7) is 0. The number of methoxy groups -OCH3 is 3. The maximum absolute atomic E-state index is 10.7. The molecule has 1 rings (SSSR count). The van der Waals surface area contributed by atoms with Crippen molar-refractivity contribution in [3.8, 4) is 17.2 Å². The quantitative estimate of drug-likeness (QED) is 0.781. The Balaban J connectivity index is 3.23. The topological polar surface area (TPSA) is 70.8 Å². The summed E-state index contributed by atoms with van der Waals surface area (Å²) in [7, 11) is 4.60. The second-order valence-corrected chi connectivity index (χ2v) is 3.18. The molecule has 0 aliphatic rings. The van der Waals surface area contributed by atoms with Crippen LogP contribution in [-0.4, -0.2) is 27.2 Å². The third kappa shape index (κ3) is 3.14. The van der Waals surface area contributed by atoms with Crippen molar-refractivity contribution in [2.45, 2.75) is 0 Å². The average molecular weight is 237 g/mol. The number of primary amides is 1. The van der Waals surface area contributed by atoms with E-state index < -0.39 is 5.91 Å². The van der Waals surface area contributed by atoms with E-state index in [0.717, 1.165) is 0 Å². The molecule has 0 aliphatic carbocycles. The molecule has 0 bridgehead atoms. The molecule has 1 aromatic rings. The van der Waals surface area contributed by atoms with Crippen molar-refractivity contribution in [1.29, 1.82) is 0 Å². The molecule has 1 amide bonds. The van der Waals surface area contributed by atoms with Crippen molar-refractivity contribution >= 4 is 12.0 Å². The normalized spacial score (nSPS) is 10.3. The van der Waals surface area contributed by atoms with Crippen LogP contribution in [0.15, 0.2) is 18.2 Å². The molecule has 0 spiro atoms. The summed E-state index contributed by atoms with van der Waals surface area (Å²) < 4.78 is 15.5. The molecular weight excluding hydrogens is 222 g/mol. The summed E-state index contributed by atoms with van der Waals surface area (Å²) in [6.07, 6.45) is 2.81. The second kappa shape index (κ2) is 5.79. The summed E-state index contributed by atoms with van der Waals surface area (Å²) in [4.78, 5) is 10.7. The van der Waals surface area contributed by atoms with Crippen LogP contribution in [0.5, 0.6) is 17.2 Å². The van der Waals surface area contributed by atoms with Crippen LogP contribution in [0.1, 0.15) is 5.56 Å². The number of amides is 1. The second-order valence-electron chi connectivity index (χ2n) is 3.18. The van der Waals surface area contributed by atoms with Gasteiger partial charge in [0.25, 0.3) is 0 Å². The predicted molar refractivity (Wildman–Crippen MR) is 64.3 cm³/mol. The summed E-state index contributed by atoms with van der Waals surface area (Å²) in [5, 5.41) is 0. The van der Waals surface area contributed by atoms with Crippen molar-refractivity contribution in [2.24, 2.45) is 5.73 Å².